The SMILES string of the molecule is CN(C[C@H]1C[C@]1(CO)c1ccc(Cl)cc1)C12CC3CC(CC(C3)C1)C2. The maximum atomic E-state index is 10.1. The molecule has 0 heterocycles. The molecule has 5 fully saturated rings. The zero-order valence-electron chi connectivity index (χ0n) is 15.3. The molecule has 5 saturated carbocycles. The summed E-state index contributed by atoms with van der Waals surface area (Å²) in [7, 11) is 2.37. The summed E-state index contributed by atoms with van der Waals surface area (Å²) in [5.41, 5.74) is 1.71. The Morgan fingerprint density at radius 2 is 1.56 bits per heavy atom. The minimum absolute atomic E-state index is 0.0266. The molecule has 0 radical (unpaired) electrons. The van der Waals surface area contributed by atoms with Crippen molar-refractivity contribution in [3.63, 3.8) is 0 Å². The van der Waals surface area contributed by atoms with Crippen molar-refractivity contribution in [2.75, 3.05) is 20.2 Å². The van der Waals surface area contributed by atoms with Crippen molar-refractivity contribution in [1.82, 2.24) is 4.90 Å². The molecule has 2 nitrogen and oxygen atoms in total. The van der Waals surface area contributed by atoms with Gasteiger partial charge in [0.1, 0.15) is 0 Å². The Kier molecular flexibility index (Phi) is 3.79. The molecule has 1 aromatic carbocycles. The lowest BCUT2D eigenvalue weighted by atomic mass is 9.52. The monoisotopic (exact) mass is 359 g/mol. The number of aliphatic hydroxyl groups is 1. The van der Waals surface area contributed by atoms with Crippen molar-refractivity contribution in [1.29, 1.82) is 0 Å². The zero-order chi connectivity index (χ0) is 17.2. The molecule has 3 heteroatoms. The number of nitrogens with zero attached hydrogens (tertiary/aromatic N) is 1. The van der Waals surface area contributed by atoms with Crippen molar-refractivity contribution in [3.8, 4) is 0 Å². The molecule has 5 aliphatic rings. The Hall–Kier alpha value is -0.570. The lowest BCUT2D eigenvalue weighted by Gasteiger charge is -2.60. The first-order valence-corrected chi connectivity index (χ1v) is 10.5. The molecule has 25 heavy (non-hydrogen) atoms. The van der Waals surface area contributed by atoms with Gasteiger partial charge in [0, 0.05) is 22.5 Å². The van der Waals surface area contributed by atoms with Gasteiger partial charge in [0.2, 0.25) is 0 Å². The number of halogens is 1. The Morgan fingerprint density at radius 3 is 2.08 bits per heavy atom. The van der Waals surface area contributed by atoms with Crippen LogP contribution in [0.1, 0.15) is 50.5 Å². The summed E-state index contributed by atoms with van der Waals surface area (Å²) >= 11 is 6.05. The summed E-state index contributed by atoms with van der Waals surface area (Å²) < 4.78 is 0. The van der Waals surface area contributed by atoms with E-state index in [0.29, 0.717) is 11.5 Å². The molecular formula is C22H30ClNO. The van der Waals surface area contributed by atoms with E-state index in [4.69, 9.17) is 11.6 Å². The first-order chi connectivity index (χ1) is 12.0. The Labute approximate surface area is 156 Å². The average Bonchev–Trinajstić information content (AvgIpc) is 3.28. The van der Waals surface area contributed by atoms with Gasteiger partial charge in [-0.3, -0.25) is 0 Å². The summed E-state index contributed by atoms with van der Waals surface area (Å²) in [6.45, 7) is 1.39. The van der Waals surface area contributed by atoms with E-state index in [1.807, 2.05) is 12.1 Å². The average molecular weight is 360 g/mol. The van der Waals surface area contributed by atoms with Crippen LogP contribution in [0.25, 0.3) is 0 Å². The first-order valence-electron chi connectivity index (χ1n) is 10.1. The molecule has 1 N–H and O–H groups in total. The van der Waals surface area contributed by atoms with Gasteiger partial charge < -0.3 is 10.0 Å². The van der Waals surface area contributed by atoms with Crippen LogP contribution in [0.4, 0.5) is 0 Å². The molecule has 0 spiro atoms. The van der Waals surface area contributed by atoms with Gasteiger partial charge in [0.05, 0.1) is 6.61 Å². The quantitative estimate of drug-likeness (QED) is 0.837. The van der Waals surface area contributed by atoms with Crippen molar-refractivity contribution in [3.05, 3.63) is 34.9 Å². The molecule has 0 amide bonds. The maximum Gasteiger partial charge on any atom is 0.0531 e. The third-order valence-electron chi connectivity index (χ3n) is 8.24. The van der Waals surface area contributed by atoms with E-state index in [-0.39, 0.29) is 12.0 Å². The summed E-state index contributed by atoms with van der Waals surface area (Å²) in [5.74, 6) is 3.56. The molecule has 6 rings (SSSR count). The van der Waals surface area contributed by atoms with E-state index in [1.54, 1.807) is 0 Å². The predicted molar refractivity (Wildman–Crippen MR) is 102 cm³/mol. The topological polar surface area (TPSA) is 23.5 Å². The minimum atomic E-state index is -0.0266. The number of aliphatic hydroxyl groups excluding tert-OH is 1. The van der Waals surface area contributed by atoms with E-state index < -0.39 is 0 Å². The second-order valence-corrected chi connectivity index (χ2v) is 10.2. The molecule has 5 aliphatic carbocycles. The number of hydrogen-bond donors (Lipinski definition) is 1. The van der Waals surface area contributed by atoms with Crippen LogP contribution in [-0.2, 0) is 5.41 Å². The second kappa shape index (κ2) is 5.71. The van der Waals surface area contributed by atoms with Gasteiger partial charge in [-0.05, 0) is 93.4 Å². The van der Waals surface area contributed by atoms with Crippen LogP contribution in [0.3, 0.4) is 0 Å². The molecule has 0 unspecified atom stereocenters. The van der Waals surface area contributed by atoms with E-state index in [9.17, 15) is 5.11 Å². The third kappa shape index (κ3) is 2.59. The highest BCUT2D eigenvalue weighted by molar-refractivity contribution is 6.30. The van der Waals surface area contributed by atoms with Crippen LogP contribution >= 0.6 is 11.6 Å². The standard InChI is InChI=1S/C22H30ClNO/c1-24(21-9-15-6-16(10-21)8-17(7-15)11-21)13-19-12-22(19,14-25)18-2-4-20(23)5-3-18/h2-5,15-17,19,25H,6-14H2,1H3/t15?,16?,17?,19-,21?,22+/m1/s1. The minimum Gasteiger partial charge on any atom is -0.395 e. The molecule has 0 aromatic heterocycles. The highest BCUT2D eigenvalue weighted by Crippen LogP contribution is 2.59. The molecule has 136 valence electrons. The lowest BCUT2D eigenvalue weighted by Crippen LogP contribution is -2.59. The molecule has 0 aliphatic heterocycles. The number of rotatable bonds is 5. The van der Waals surface area contributed by atoms with E-state index in [1.165, 1.54) is 44.1 Å². The Balaban J connectivity index is 1.32. The van der Waals surface area contributed by atoms with Crippen LogP contribution in [0, 0.1) is 23.7 Å². The zero-order valence-corrected chi connectivity index (χ0v) is 16.0. The maximum absolute atomic E-state index is 10.1. The summed E-state index contributed by atoms with van der Waals surface area (Å²) in [6.07, 6.45) is 9.90. The van der Waals surface area contributed by atoms with Crippen LogP contribution in [0.2, 0.25) is 5.02 Å². The van der Waals surface area contributed by atoms with Crippen LogP contribution in [0.15, 0.2) is 24.3 Å². The fourth-order valence-corrected chi connectivity index (χ4v) is 7.22. The fourth-order valence-electron chi connectivity index (χ4n) is 7.10. The van der Waals surface area contributed by atoms with Gasteiger partial charge >= 0.3 is 0 Å². The van der Waals surface area contributed by atoms with E-state index in [2.05, 4.69) is 24.1 Å². The van der Waals surface area contributed by atoms with Crippen molar-refractivity contribution >= 4 is 11.6 Å². The molecule has 2 atom stereocenters. The third-order valence-corrected chi connectivity index (χ3v) is 8.50. The highest BCUT2D eigenvalue weighted by atomic mass is 35.5. The summed E-state index contributed by atoms with van der Waals surface area (Å²) in [4.78, 5) is 2.72. The van der Waals surface area contributed by atoms with E-state index >= 15 is 0 Å². The predicted octanol–water partition coefficient (Wildman–Crippen LogP) is 4.49. The van der Waals surface area contributed by atoms with Crippen molar-refractivity contribution in [2.24, 2.45) is 23.7 Å². The van der Waals surface area contributed by atoms with Crippen LogP contribution in [-0.4, -0.2) is 35.7 Å². The highest BCUT2D eigenvalue weighted by Gasteiger charge is 2.58. The van der Waals surface area contributed by atoms with Crippen LogP contribution in [0.5, 0.6) is 0 Å². The molecule has 0 saturated heterocycles. The number of hydrogen-bond acceptors (Lipinski definition) is 2. The summed E-state index contributed by atoms with van der Waals surface area (Å²) in [5, 5.41) is 10.9. The second-order valence-electron chi connectivity index (χ2n) is 9.74. The Morgan fingerprint density at radius 1 is 1.00 bits per heavy atom. The van der Waals surface area contributed by atoms with Gasteiger partial charge in [-0.15, -0.1) is 0 Å². The fraction of sp³-hybridized carbons (Fsp3) is 0.727. The smallest absolute Gasteiger partial charge is 0.0531 e. The van der Waals surface area contributed by atoms with Gasteiger partial charge in [0.15, 0.2) is 0 Å². The van der Waals surface area contributed by atoms with Gasteiger partial charge in [0.25, 0.3) is 0 Å². The van der Waals surface area contributed by atoms with E-state index in [0.717, 1.165) is 35.7 Å². The van der Waals surface area contributed by atoms with Crippen LogP contribution < -0.4 is 0 Å². The molecule has 1 aromatic rings. The first kappa shape index (κ1) is 16.6. The van der Waals surface area contributed by atoms with Crippen molar-refractivity contribution < 1.29 is 5.11 Å². The lowest BCUT2D eigenvalue weighted by molar-refractivity contribution is -0.0810. The largest absolute Gasteiger partial charge is 0.395 e. The molecule has 4 bridgehead atoms. The van der Waals surface area contributed by atoms with Gasteiger partial charge in [-0.1, -0.05) is 23.7 Å². The van der Waals surface area contributed by atoms with Crippen molar-refractivity contribution in [2.45, 2.75) is 55.9 Å². The normalized spacial score (nSPS) is 44.5. The summed E-state index contributed by atoms with van der Waals surface area (Å²) in [6, 6.07) is 8.16. The van der Waals surface area contributed by atoms with Gasteiger partial charge in [-0.25, -0.2) is 0 Å². The number of benzene rings is 1. The molecular weight excluding hydrogens is 330 g/mol. The Bertz CT molecular complexity index is 621. The van der Waals surface area contributed by atoms with Gasteiger partial charge in [-0.2, -0.15) is 0 Å².